The monoisotopic (exact) mass is 428 g/mol. The van der Waals surface area contributed by atoms with E-state index >= 15 is 0 Å². The maximum absolute atomic E-state index is 12.1. The molecule has 0 aliphatic carbocycles. The maximum atomic E-state index is 12.1. The van der Waals surface area contributed by atoms with Gasteiger partial charge in [0.1, 0.15) is 12.4 Å². The van der Waals surface area contributed by atoms with Gasteiger partial charge in [0, 0.05) is 15.1 Å². The van der Waals surface area contributed by atoms with Crippen LogP contribution in [-0.4, -0.2) is 21.2 Å². The summed E-state index contributed by atoms with van der Waals surface area (Å²) in [6.07, 6.45) is 2.99. The average molecular weight is 430 g/mol. The minimum Gasteiger partial charge on any atom is -0.489 e. The number of nitrogens with zero attached hydrogens (tertiary/aromatic N) is 1. The highest BCUT2D eigenvalue weighted by molar-refractivity contribution is 9.10. The van der Waals surface area contributed by atoms with Crippen LogP contribution >= 0.6 is 27.5 Å². The van der Waals surface area contributed by atoms with Crippen LogP contribution in [0, 0.1) is 0 Å². The normalized spacial score (nSPS) is 11.4. The zero-order chi connectivity index (χ0) is 17.6. The van der Waals surface area contributed by atoms with E-state index in [-0.39, 0.29) is 4.90 Å². The zero-order valence-electron chi connectivity index (χ0n) is 12.4. The Bertz CT molecular complexity index is 852. The molecular weight excluding hydrogens is 416 g/mol. The van der Waals surface area contributed by atoms with E-state index in [9.17, 15) is 8.42 Å². The summed E-state index contributed by atoms with van der Waals surface area (Å²) in [4.78, 5) is 2.22. The Hall–Kier alpha value is -1.83. The summed E-state index contributed by atoms with van der Waals surface area (Å²) in [5.74, 6) is 0.563. The fourth-order valence-electron chi connectivity index (χ4n) is 1.73. The number of sulfonamides is 1. The van der Waals surface area contributed by atoms with Crippen LogP contribution in [0.4, 0.5) is 0 Å². The van der Waals surface area contributed by atoms with Crippen molar-refractivity contribution in [3.05, 3.63) is 70.2 Å². The highest BCUT2D eigenvalue weighted by Gasteiger charge is 2.12. The van der Waals surface area contributed by atoms with E-state index < -0.39 is 10.0 Å². The molecule has 0 radical (unpaired) electrons. The molecule has 0 saturated heterocycles. The quantitative estimate of drug-likeness (QED) is 0.411. The summed E-state index contributed by atoms with van der Waals surface area (Å²) < 4.78 is 30.6. The minimum atomic E-state index is -3.76. The molecule has 0 aliphatic heterocycles. The van der Waals surface area contributed by atoms with Crippen molar-refractivity contribution in [1.29, 1.82) is 0 Å². The number of nitrogens with one attached hydrogen (secondary N) is 1. The molecule has 2 rings (SSSR count). The predicted octanol–water partition coefficient (Wildman–Crippen LogP) is 3.98. The van der Waals surface area contributed by atoms with E-state index in [1.807, 2.05) is 6.07 Å². The molecule has 1 N–H and O–H groups in total. The Morgan fingerprint density at radius 2 is 1.96 bits per heavy atom. The van der Waals surface area contributed by atoms with Crippen LogP contribution < -0.4 is 9.57 Å². The van der Waals surface area contributed by atoms with Gasteiger partial charge in [0.2, 0.25) is 0 Å². The Kier molecular flexibility index (Phi) is 6.42. The summed E-state index contributed by atoms with van der Waals surface area (Å²) >= 11 is 9.10. The summed E-state index contributed by atoms with van der Waals surface area (Å²) in [7, 11) is -3.76. The van der Waals surface area contributed by atoms with Gasteiger partial charge >= 0.3 is 0 Å². The predicted molar refractivity (Wildman–Crippen MR) is 99.2 cm³/mol. The molecule has 126 valence electrons. The lowest BCUT2D eigenvalue weighted by Gasteiger charge is -2.08. The standard InChI is InChI=1S/C16H14BrClN2O3S/c1-2-9-23-16-8-3-13(17)10-12(16)11-19-20-24(21,22)15-6-4-14(18)5-7-15/h2-8,10-11,20H,1,9H2/b19-11-. The molecule has 0 aromatic heterocycles. The summed E-state index contributed by atoms with van der Waals surface area (Å²) in [5.41, 5.74) is 0.616. The third-order valence-corrected chi connectivity index (χ3v) is 4.81. The molecule has 0 fully saturated rings. The van der Waals surface area contributed by atoms with E-state index in [0.29, 0.717) is 22.9 Å². The van der Waals surface area contributed by atoms with Crippen molar-refractivity contribution in [3.8, 4) is 5.75 Å². The maximum Gasteiger partial charge on any atom is 0.276 e. The molecule has 0 spiro atoms. The van der Waals surface area contributed by atoms with Crippen LogP contribution in [0.15, 0.2) is 69.6 Å². The Balaban J connectivity index is 2.17. The van der Waals surface area contributed by atoms with Gasteiger partial charge < -0.3 is 4.74 Å². The zero-order valence-corrected chi connectivity index (χ0v) is 15.6. The molecule has 0 bridgehead atoms. The second-order valence-electron chi connectivity index (χ2n) is 4.59. The lowest BCUT2D eigenvalue weighted by Crippen LogP contribution is -2.18. The van der Waals surface area contributed by atoms with Gasteiger partial charge in [-0.3, -0.25) is 0 Å². The number of rotatable bonds is 7. The number of hydrazone groups is 1. The molecule has 0 heterocycles. The van der Waals surface area contributed by atoms with Gasteiger partial charge in [-0.05, 0) is 42.5 Å². The first-order valence-electron chi connectivity index (χ1n) is 6.76. The van der Waals surface area contributed by atoms with Crippen molar-refractivity contribution in [1.82, 2.24) is 4.83 Å². The molecule has 5 nitrogen and oxygen atoms in total. The Morgan fingerprint density at radius 1 is 1.25 bits per heavy atom. The Morgan fingerprint density at radius 3 is 2.62 bits per heavy atom. The van der Waals surface area contributed by atoms with Crippen molar-refractivity contribution in [3.63, 3.8) is 0 Å². The van der Waals surface area contributed by atoms with E-state index in [2.05, 4.69) is 32.4 Å². The SMILES string of the molecule is C=CCOc1ccc(Br)cc1/C=N\NS(=O)(=O)c1ccc(Cl)cc1. The summed E-state index contributed by atoms with van der Waals surface area (Å²) in [6.45, 7) is 3.92. The molecule has 0 atom stereocenters. The largest absolute Gasteiger partial charge is 0.489 e. The van der Waals surface area contributed by atoms with Gasteiger partial charge in [-0.25, -0.2) is 4.83 Å². The molecule has 2 aromatic carbocycles. The fourth-order valence-corrected chi connectivity index (χ4v) is 3.03. The minimum absolute atomic E-state index is 0.0708. The third-order valence-electron chi connectivity index (χ3n) is 2.83. The van der Waals surface area contributed by atoms with Crippen molar-refractivity contribution >= 4 is 43.8 Å². The Labute approximate surface area is 154 Å². The summed E-state index contributed by atoms with van der Waals surface area (Å²) in [6, 6.07) is 11.1. The summed E-state index contributed by atoms with van der Waals surface area (Å²) in [5, 5.41) is 4.25. The van der Waals surface area contributed by atoms with E-state index in [4.69, 9.17) is 16.3 Å². The first kappa shape index (κ1) is 18.5. The molecule has 0 aliphatic rings. The average Bonchev–Trinajstić information content (AvgIpc) is 2.54. The molecule has 0 saturated carbocycles. The van der Waals surface area contributed by atoms with Crippen molar-refractivity contribution in [2.45, 2.75) is 4.90 Å². The van der Waals surface area contributed by atoms with Crippen LogP contribution in [-0.2, 0) is 10.0 Å². The fraction of sp³-hybridized carbons (Fsp3) is 0.0625. The van der Waals surface area contributed by atoms with Crippen LogP contribution in [0.3, 0.4) is 0 Å². The van der Waals surface area contributed by atoms with Gasteiger partial charge in [-0.15, -0.1) is 0 Å². The third kappa shape index (κ3) is 5.09. The molecule has 0 amide bonds. The highest BCUT2D eigenvalue weighted by atomic mass is 79.9. The second kappa shape index (κ2) is 8.32. The topological polar surface area (TPSA) is 67.8 Å². The van der Waals surface area contributed by atoms with Crippen molar-refractivity contribution < 1.29 is 13.2 Å². The first-order valence-corrected chi connectivity index (χ1v) is 9.41. The number of hydrogen-bond donors (Lipinski definition) is 1. The number of halogens is 2. The van der Waals surface area contributed by atoms with Crippen LogP contribution in [0.2, 0.25) is 5.02 Å². The van der Waals surface area contributed by atoms with Crippen LogP contribution in [0.5, 0.6) is 5.75 Å². The second-order valence-corrected chi connectivity index (χ2v) is 7.60. The number of ether oxygens (including phenoxy) is 1. The molecule has 2 aromatic rings. The van der Waals surface area contributed by atoms with E-state index in [1.54, 1.807) is 18.2 Å². The van der Waals surface area contributed by atoms with Gasteiger partial charge in [0.25, 0.3) is 10.0 Å². The van der Waals surface area contributed by atoms with E-state index in [0.717, 1.165) is 4.47 Å². The van der Waals surface area contributed by atoms with Crippen LogP contribution in [0.25, 0.3) is 0 Å². The van der Waals surface area contributed by atoms with Gasteiger partial charge in [0.05, 0.1) is 11.1 Å². The van der Waals surface area contributed by atoms with Gasteiger partial charge in [-0.1, -0.05) is 40.2 Å². The first-order chi connectivity index (χ1) is 11.4. The highest BCUT2D eigenvalue weighted by Crippen LogP contribution is 2.22. The lowest BCUT2D eigenvalue weighted by molar-refractivity contribution is 0.362. The van der Waals surface area contributed by atoms with Gasteiger partial charge in [0.15, 0.2) is 0 Å². The smallest absolute Gasteiger partial charge is 0.276 e. The molecule has 24 heavy (non-hydrogen) atoms. The van der Waals surface area contributed by atoms with Crippen LogP contribution in [0.1, 0.15) is 5.56 Å². The molecule has 8 heteroatoms. The van der Waals surface area contributed by atoms with E-state index in [1.165, 1.54) is 30.5 Å². The van der Waals surface area contributed by atoms with Gasteiger partial charge in [-0.2, -0.15) is 13.5 Å². The molecule has 0 unspecified atom stereocenters. The number of hydrogen-bond acceptors (Lipinski definition) is 4. The van der Waals surface area contributed by atoms with Crippen molar-refractivity contribution in [2.24, 2.45) is 5.10 Å². The lowest BCUT2D eigenvalue weighted by atomic mass is 10.2. The number of benzene rings is 2. The molecular formula is C16H14BrClN2O3S. The van der Waals surface area contributed by atoms with Crippen molar-refractivity contribution in [2.75, 3.05) is 6.61 Å².